The highest BCUT2D eigenvalue weighted by Crippen LogP contribution is 2.34. The van der Waals surface area contributed by atoms with Crippen molar-refractivity contribution in [2.24, 2.45) is 0 Å². The number of aromatic nitrogens is 2. The molecule has 0 saturated carbocycles. The highest BCUT2D eigenvalue weighted by atomic mass is 16.5. The van der Waals surface area contributed by atoms with Crippen LogP contribution in [-0.4, -0.2) is 29.3 Å². The van der Waals surface area contributed by atoms with Gasteiger partial charge in [-0.15, -0.1) is 0 Å². The van der Waals surface area contributed by atoms with Gasteiger partial charge in [-0.3, -0.25) is 0 Å². The van der Waals surface area contributed by atoms with Crippen LogP contribution in [0.4, 0.5) is 11.5 Å². The van der Waals surface area contributed by atoms with Crippen molar-refractivity contribution in [3.05, 3.63) is 42.7 Å². The van der Waals surface area contributed by atoms with Gasteiger partial charge in [0.05, 0.1) is 19.7 Å². The molecule has 0 aliphatic rings. The fraction of sp³-hybridized carbons (Fsp3) is 0.222. The zero-order chi connectivity index (χ0) is 17.5. The summed E-state index contributed by atoms with van der Waals surface area (Å²) in [5, 5.41) is 13.4. The summed E-state index contributed by atoms with van der Waals surface area (Å²) in [4.78, 5) is 8.53. The van der Waals surface area contributed by atoms with Gasteiger partial charge < -0.3 is 19.9 Å². The number of phenols is 1. The van der Waals surface area contributed by atoms with Crippen molar-refractivity contribution >= 4 is 22.4 Å². The molecule has 0 amide bonds. The topological polar surface area (TPSA) is 76.5 Å². The largest absolute Gasteiger partial charge is 0.508 e. The second kappa shape index (κ2) is 8.01. The number of nitrogens with zero attached hydrogens (tertiary/aromatic N) is 2. The lowest BCUT2D eigenvalue weighted by molar-refractivity contribution is 0.356. The summed E-state index contributed by atoms with van der Waals surface area (Å²) in [6.07, 6.45) is 1.48. The molecule has 3 aromatic rings. The van der Waals surface area contributed by atoms with E-state index < -0.39 is 0 Å². The summed E-state index contributed by atoms with van der Waals surface area (Å²) >= 11 is 0. The van der Waals surface area contributed by atoms with Crippen LogP contribution in [0, 0.1) is 0 Å². The van der Waals surface area contributed by atoms with E-state index in [-0.39, 0.29) is 5.75 Å². The van der Waals surface area contributed by atoms with Crippen LogP contribution in [0.1, 0.15) is 13.8 Å². The Hall–Kier alpha value is -3.02. The van der Waals surface area contributed by atoms with Crippen LogP contribution < -0.4 is 14.8 Å². The van der Waals surface area contributed by atoms with Gasteiger partial charge in [0.2, 0.25) is 0 Å². The summed E-state index contributed by atoms with van der Waals surface area (Å²) < 4.78 is 10.6. The Balaban J connectivity index is 0.00000100. The lowest BCUT2D eigenvalue weighted by Crippen LogP contribution is -1.97. The number of anilines is 2. The van der Waals surface area contributed by atoms with Gasteiger partial charge in [0, 0.05) is 17.1 Å². The number of hydrogen-bond donors (Lipinski definition) is 2. The molecular weight excluding hydrogens is 306 g/mol. The first-order valence-electron chi connectivity index (χ1n) is 7.64. The molecule has 0 radical (unpaired) electrons. The molecule has 6 nitrogen and oxygen atoms in total. The number of phenolic OH excluding ortho intramolecular Hbond substituents is 1. The maximum Gasteiger partial charge on any atom is 0.162 e. The van der Waals surface area contributed by atoms with Gasteiger partial charge in [-0.05, 0) is 30.3 Å². The molecule has 3 rings (SSSR count). The van der Waals surface area contributed by atoms with E-state index in [1.807, 2.05) is 19.9 Å². The van der Waals surface area contributed by atoms with Gasteiger partial charge in [0.1, 0.15) is 17.9 Å². The Labute approximate surface area is 141 Å². The van der Waals surface area contributed by atoms with Crippen molar-refractivity contribution in [2.45, 2.75) is 13.8 Å². The Morgan fingerprint density at radius 2 is 1.54 bits per heavy atom. The summed E-state index contributed by atoms with van der Waals surface area (Å²) in [5.41, 5.74) is 1.56. The minimum absolute atomic E-state index is 0.213. The van der Waals surface area contributed by atoms with Gasteiger partial charge in [0.25, 0.3) is 0 Å². The van der Waals surface area contributed by atoms with Crippen LogP contribution in [0.25, 0.3) is 10.9 Å². The van der Waals surface area contributed by atoms with Crippen LogP contribution in [0.3, 0.4) is 0 Å². The van der Waals surface area contributed by atoms with E-state index in [2.05, 4.69) is 15.3 Å². The number of methoxy groups -OCH3 is 2. The van der Waals surface area contributed by atoms with E-state index in [9.17, 15) is 5.11 Å². The van der Waals surface area contributed by atoms with Gasteiger partial charge in [-0.25, -0.2) is 9.97 Å². The molecule has 1 heterocycles. The Bertz CT molecular complexity index is 804. The average molecular weight is 327 g/mol. The van der Waals surface area contributed by atoms with Crippen molar-refractivity contribution in [2.75, 3.05) is 19.5 Å². The number of rotatable bonds is 4. The third kappa shape index (κ3) is 3.65. The number of hydrogen-bond acceptors (Lipinski definition) is 6. The monoisotopic (exact) mass is 327 g/mol. The molecule has 0 aliphatic heterocycles. The molecule has 126 valence electrons. The van der Waals surface area contributed by atoms with Crippen molar-refractivity contribution in [1.82, 2.24) is 9.97 Å². The van der Waals surface area contributed by atoms with Crippen molar-refractivity contribution in [3.8, 4) is 17.2 Å². The highest BCUT2D eigenvalue weighted by molar-refractivity contribution is 5.93. The number of aromatic hydroxyl groups is 1. The SMILES string of the molecule is CC.COc1cc2ncnc(Nc3ccc(O)cc3)c2cc1OC. The Kier molecular flexibility index (Phi) is 5.78. The molecule has 0 fully saturated rings. The fourth-order valence-corrected chi connectivity index (χ4v) is 2.16. The van der Waals surface area contributed by atoms with E-state index in [1.165, 1.54) is 6.33 Å². The lowest BCUT2D eigenvalue weighted by Gasteiger charge is -2.12. The minimum Gasteiger partial charge on any atom is -0.508 e. The molecule has 0 atom stereocenters. The van der Waals surface area contributed by atoms with E-state index in [0.29, 0.717) is 17.3 Å². The van der Waals surface area contributed by atoms with Crippen molar-refractivity contribution in [3.63, 3.8) is 0 Å². The van der Waals surface area contributed by atoms with Crippen molar-refractivity contribution in [1.29, 1.82) is 0 Å². The quantitative estimate of drug-likeness (QED) is 0.702. The summed E-state index contributed by atoms with van der Waals surface area (Å²) in [6.45, 7) is 4.00. The lowest BCUT2D eigenvalue weighted by atomic mass is 10.2. The zero-order valence-electron chi connectivity index (χ0n) is 14.2. The van der Waals surface area contributed by atoms with E-state index >= 15 is 0 Å². The maximum absolute atomic E-state index is 9.34. The number of fused-ring (bicyclic) bond motifs is 1. The molecule has 0 unspecified atom stereocenters. The van der Waals surface area contributed by atoms with E-state index in [0.717, 1.165) is 16.6 Å². The van der Waals surface area contributed by atoms with Crippen molar-refractivity contribution < 1.29 is 14.6 Å². The molecule has 0 spiro atoms. The predicted octanol–water partition coefficient (Wildman–Crippen LogP) is 4.12. The highest BCUT2D eigenvalue weighted by Gasteiger charge is 2.11. The molecule has 0 aliphatic carbocycles. The van der Waals surface area contributed by atoms with Gasteiger partial charge in [0.15, 0.2) is 11.5 Å². The molecule has 2 aromatic carbocycles. The first-order chi connectivity index (χ1) is 11.7. The molecule has 0 saturated heterocycles. The third-order valence-electron chi connectivity index (χ3n) is 3.27. The predicted molar refractivity (Wildman–Crippen MR) is 95.4 cm³/mol. The number of nitrogens with one attached hydrogen (secondary N) is 1. The van der Waals surface area contributed by atoms with Gasteiger partial charge >= 0.3 is 0 Å². The van der Waals surface area contributed by atoms with E-state index in [1.54, 1.807) is 44.6 Å². The fourth-order valence-electron chi connectivity index (χ4n) is 2.16. The van der Waals surface area contributed by atoms with Crippen LogP contribution in [0.15, 0.2) is 42.7 Å². The second-order valence-corrected chi connectivity index (χ2v) is 4.62. The molecule has 24 heavy (non-hydrogen) atoms. The van der Waals surface area contributed by atoms with Crippen LogP contribution in [-0.2, 0) is 0 Å². The zero-order valence-corrected chi connectivity index (χ0v) is 14.2. The van der Waals surface area contributed by atoms with Gasteiger partial charge in [-0.2, -0.15) is 0 Å². The minimum atomic E-state index is 0.213. The summed E-state index contributed by atoms with van der Waals surface area (Å²) in [6, 6.07) is 10.4. The number of ether oxygens (including phenoxy) is 2. The molecule has 1 aromatic heterocycles. The van der Waals surface area contributed by atoms with Crippen LogP contribution in [0.5, 0.6) is 17.2 Å². The number of benzene rings is 2. The normalized spacial score (nSPS) is 9.83. The second-order valence-electron chi connectivity index (χ2n) is 4.62. The Morgan fingerprint density at radius 1 is 0.917 bits per heavy atom. The summed E-state index contributed by atoms with van der Waals surface area (Å²) in [5.74, 6) is 2.09. The molecule has 6 heteroatoms. The summed E-state index contributed by atoms with van der Waals surface area (Å²) in [7, 11) is 3.17. The maximum atomic E-state index is 9.34. The van der Waals surface area contributed by atoms with E-state index in [4.69, 9.17) is 9.47 Å². The molecule has 2 N–H and O–H groups in total. The van der Waals surface area contributed by atoms with Crippen LogP contribution >= 0.6 is 0 Å². The first-order valence-corrected chi connectivity index (χ1v) is 7.64. The Morgan fingerprint density at radius 3 is 2.17 bits per heavy atom. The average Bonchev–Trinajstić information content (AvgIpc) is 2.64. The molecule has 0 bridgehead atoms. The van der Waals surface area contributed by atoms with Crippen LogP contribution in [0.2, 0.25) is 0 Å². The first kappa shape index (κ1) is 17.3. The third-order valence-corrected chi connectivity index (χ3v) is 3.27. The molecular formula is C18H21N3O3. The van der Waals surface area contributed by atoms with Gasteiger partial charge in [-0.1, -0.05) is 13.8 Å². The standard InChI is InChI=1S/C16H15N3O3.C2H6/c1-21-14-7-12-13(8-15(14)22-2)17-9-18-16(12)19-10-3-5-11(20)6-4-10;1-2/h3-9,20H,1-2H3,(H,17,18,19);1-2H3. The smallest absolute Gasteiger partial charge is 0.162 e.